The van der Waals surface area contributed by atoms with Crippen LogP contribution in [0.4, 0.5) is 5.82 Å². The summed E-state index contributed by atoms with van der Waals surface area (Å²) in [6.07, 6.45) is 1.84. The van der Waals surface area contributed by atoms with E-state index in [-0.39, 0.29) is 10.8 Å². The van der Waals surface area contributed by atoms with Gasteiger partial charge in [-0.15, -0.1) is 11.3 Å². The van der Waals surface area contributed by atoms with Crippen molar-refractivity contribution in [2.45, 2.75) is 11.1 Å². The number of hydrogen-bond donors (Lipinski definition) is 1. The number of rotatable bonds is 6. The summed E-state index contributed by atoms with van der Waals surface area (Å²) in [6.45, 7) is 1.66. The molecule has 1 aromatic carbocycles. The van der Waals surface area contributed by atoms with Crippen LogP contribution in [0, 0.1) is 6.92 Å². The van der Waals surface area contributed by atoms with Gasteiger partial charge in [0.05, 0.1) is 6.54 Å². The van der Waals surface area contributed by atoms with E-state index in [0.717, 1.165) is 26.8 Å². The van der Waals surface area contributed by atoms with E-state index in [0.29, 0.717) is 17.2 Å². The molecule has 0 saturated heterocycles. The van der Waals surface area contributed by atoms with Crippen molar-refractivity contribution in [2.75, 3.05) is 18.9 Å². The molecule has 1 amide bonds. The summed E-state index contributed by atoms with van der Waals surface area (Å²) >= 11 is 1.12. The van der Waals surface area contributed by atoms with Gasteiger partial charge in [0.15, 0.2) is 0 Å². The second kappa shape index (κ2) is 8.02. The third-order valence-corrected chi connectivity index (χ3v) is 7.79. The Morgan fingerprint density at radius 3 is 2.63 bits per heavy atom. The topological polar surface area (TPSA) is 83.8 Å². The molecule has 0 aliphatic rings. The summed E-state index contributed by atoms with van der Waals surface area (Å²) in [6, 6.07) is 16.6. The molecule has 0 aliphatic heterocycles. The third kappa shape index (κ3) is 3.87. The van der Waals surface area contributed by atoms with Gasteiger partial charge in [0.25, 0.3) is 10.0 Å². The molecule has 9 heteroatoms. The van der Waals surface area contributed by atoms with Gasteiger partial charge < -0.3 is 5.32 Å². The molecule has 0 saturated carbocycles. The molecule has 1 N–H and O–H groups in total. The van der Waals surface area contributed by atoms with Crippen molar-refractivity contribution in [1.82, 2.24) is 13.7 Å². The van der Waals surface area contributed by atoms with E-state index < -0.39 is 15.9 Å². The number of aryl methyl sites for hydroxylation is 1. The summed E-state index contributed by atoms with van der Waals surface area (Å²) in [5.41, 5.74) is 3.22. The van der Waals surface area contributed by atoms with Gasteiger partial charge in [-0.2, -0.15) is 4.31 Å². The largest absolute Gasteiger partial charge is 0.309 e. The zero-order chi connectivity index (χ0) is 21.3. The minimum absolute atomic E-state index is 0.202. The van der Waals surface area contributed by atoms with E-state index in [2.05, 4.69) is 10.3 Å². The number of aromatic nitrogens is 2. The molecule has 30 heavy (non-hydrogen) atoms. The molecule has 0 unspecified atom stereocenters. The second-order valence-corrected chi connectivity index (χ2v) is 10.1. The highest BCUT2D eigenvalue weighted by atomic mass is 32.2. The predicted octanol–water partition coefficient (Wildman–Crippen LogP) is 3.63. The Morgan fingerprint density at radius 1 is 1.17 bits per heavy atom. The van der Waals surface area contributed by atoms with E-state index in [4.69, 9.17) is 0 Å². The van der Waals surface area contributed by atoms with Crippen molar-refractivity contribution in [3.8, 4) is 11.3 Å². The van der Waals surface area contributed by atoms with Gasteiger partial charge in [0, 0.05) is 18.8 Å². The van der Waals surface area contributed by atoms with Crippen LogP contribution >= 0.6 is 11.3 Å². The molecule has 7 nitrogen and oxygen atoms in total. The predicted molar refractivity (Wildman–Crippen MR) is 118 cm³/mol. The van der Waals surface area contributed by atoms with Gasteiger partial charge in [0.2, 0.25) is 5.91 Å². The molecule has 4 rings (SSSR count). The number of hydrogen-bond acceptors (Lipinski definition) is 5. The number of likely N-dealkylation sites (N-methyl/N-ethyl adjacent to an activating group) is 1. The Labute approximate surface area is 178 Å². The van der Waals surface area contributed by atoms with Crippen LogP contribution in [-0.4, -0.2) is 41.6 Å². The standard InChI is InChI=1S/C21H20N4O3S2/c1-15-10-11-25-17(13-15)22-20(16-7-4-3-5-8-16)21(25)23-18(26)14-24(2)30(27,28)19-9-6-12-29-19/h3-13H,14H2,1-2H3,(H,23,26). The van der Waals surface area contributed by atoms with Gasteiger partial charge in [-0.25, -0.2) is 13.4 Å². The maximum Gasteiger partial charge on any atom is 0.252 e. The minimum atomic E-state index is -3.71. The van der Waals surface area contributed by atoms with Crippen molar-refractivity contribution in [3.63, 3.8) is 0 Å². The van der Waals surface area contributed by atoms with Gasteiger partial charge in [-0.1, -0.05) is 36.4 Å². The first-order chi connectivity index (χ1) is 14.4. The molecule has 0 spiro atoms. The normalized spacial score (nSPS) is 11.8. The number of nitrogens with zero attached hydrogens (tertiary/aromatic N) is 3. The van der Waals surface area contributed by atoms with Crippen LogP contribution < -0.4 is 5.32 Å². The first-order valence-corrected chi connectivity index (χ1v) is 11.5. The number of imidazole rings is 1. The summed E-state index contributed by atoms with van der Waals surface area (Å²) in [4.78, 5) is 17.5. The van der Waals surface area contributed by atoms with Gasteiger partial charge in [-0.05, 0) is 36.1 Å². The number of sulfonamides is 1. The van der Waals surface area contributed by atoms with Crippen LogP contribution in [0.3, 0.4) is 0 Å². The lowest BCUT2D eigenvalue weighted by molar-refractivity contribution is -0.116. The lowest BCUT2D eigenvalue weighted by Crippen LogP contribution is -2.34. The summed E-state index contributed by atoms with van der Waals surface area (Å²) in [7, 11) is -2.32. The first-order valence-electron chi connectivity index (χ1n) is 9.20. The maximum absolute atomic E-state index is 12.8. The highest BCUT2D eigenvalue weighted by molar-refractivity contribution is 7.91. The summed E-state index contributed by atoms with van der Waals surface area (Å²) in [5, 5.41) is 4.55. The number of carbonyl (C=O) groups excluding carboxylic acids is 1. The molecule has 3 heterocycles. The number of carbonyl (C=O) groups is 1. The summed E-state index contributed by atoms with van der Waals surface area (Å²) < 4.78 is 28.3. The molecule has 0 bridgehead atoms. The average Bonchev–Trinajstić information content (AvgIpc) is 3.37. The lowest BCUT2D eigenvalue weighted by atomic mass is 10.1. The van der Waals surface area contributed by atoms with Crippen LogP contribution in [0.15, 0.2) is 70.4 Å². The van der Waals surface area contributed by atoms with Crippen molar-refractivity contribution in [2.24, 2.45) is 0 Å². The smallest absolute Gasteiger partial charge is 0.252 e. The number of fused-ring (bicyclic) bond motifs is 1. The maximum atomic E-state index is 12.8. The van der Waals surface area contributed by atoms with Crippen molar-refractivity contribution >= 4 is 38.7 Å². The number of pyridine rings is 1. The van der Waals surface area contributed by atoms with Crippen LogP contribution in [-0.2, 0) is 14.8 Å². The number of anilines is 1. The molecule has 0 radical (unpaired) electrons. The third-order valence-electron chi connectivity index (χ3n) is 4.61. The Morgan fingerprint density at radius 2 is 1.93 bits per heavy atom. The minimum Gasteiger partial charge on any atom is -0.309 e. The van der Waals surface area contributed by atoms with Crippen molar-refractivity contribution in [1.29, 1.82) is 0 Å². The van der Waals surface area contributed by atoms with Gasteiger partial charge >= 0.3 is 0 Å². The molecule has 0 aliphatic carbocycles. The van der Waals surface area contributed by atoms with Crippen LogP contribution in [0.5, 0.6) is 0 Å². The first kappa shape index (κ1) is 20.3. The summed E-state index contributed by atoms with van der Waals surface area (Å²) in [5.74, 6) is 0.0558. The fourth-order valence-corrected chi connectivity index (χ4v) is 5.41. The monoisotopic (exact) mass is 440 g/mol. The zero-order valence-electron chi connectivity index (χ0n) is 16.4. The van der Waals surface area contributed by atoms with Crippen molar-refractivity contribution < 1.29 is 13.2 Å². The van der Waals surface area contributed by atoms with E-state index in [1.54, 1.807) is 15.8 Å². The number of benzene rings is 1. The number of amides is 1. The van der Waals surface area contributed by atoms with E-state index >= 15 is 0 Å². The molecule has 0 fully saturated rings. The molecule has 3 aromatic heterocycles. The lowest BCUT2D eigenvalue weighted by Gasteiger charge is -2.16. The quantitative estimate of drug-likeness (QED) is 0.496. The van der Waals surface area contributed by atoms with Crippen LogP contribution in [0.2, 0.25) is 0 Å². The molecular formula is C21H20N4O3S2. The van der Waals surface area contributed by atoms with E-state index in [1.165, 1.54) is 13.1 Å². The van der Waals surface area contributed by atoms with Crippen LogP contribution in [0.1, 0.15) is 5.56 Å². The Kier molecular flexibility index (Phi) is 5.42. The molecular weight excluding hydrogens is 420 g/mol. The Bertz CT molecular complexity index is 1300. The zero-order valence-corrected chi connectivity index (χ0v) is 18.1. The fraction of sp³-hybridized carbons (Fsp3) is 0.143. The number of nitrogens with one attached hydrogen (secondary N) is 1. The van der Waals surface area contributed by atoms with Gasteiger partial charge in [-0.3, -0.25) is 9.20 Å². The fourth-order valence-electron chi connectivity index (χ4n) is 3.09. The van der Waals surface area contributed by atoms with Crippen LogP contribution in [0.25, 0.3) is 16.9 Å². The SMILES string of the molecule is Cc1ccn2c(NC(=O)CN(C)S(=O)(=O)c3cccs3)c(-c3ccccc3)nc2c1. The number of thiophene rings is 1. The average molecular weight is 441 g/mol. The van der Waals surface area contributed by atoms with E-state index in [1.807, 2.05) is 55.6 Å². The molecule has 154 valence electrons. The van der Waals surface area contributed by atoms with Crippen molar-refractivity contribution in [3.05, 3.63) is 71.7 Å². The highest BCUT2D eigenvalue weighted by Crippen LogP contribution is 2.29. The van der Waals surface area contributed by atoms with E-state index in [9.17, 15) is 13.2 Å². The van der Waals surface area contributed by atoms with Gasteiger partial charge in [0.1, 0.15) is 21.4 Å². The Hall–Kier alpha value is -3.01. The molecule has 0 atom stereocenters. The highest BCUT2D eigenvalue weighted by Gasteiger charge is 2.25. The Balaban J connectivity index is 1.65. The molecule has 4 aromatic rings. The second-order valence-electron chi connectivity index (χ2n) is 6.85.